The highest BCUT2D eigenvalue weighted by atomic mass is 19.4. The molecule has 6 heteroatoms. The van der Waals surface area contributed by atoms with Gasteiger partial charge in [-0.15, -0.1) is 0 Å². The van der Waals surface area contributed by atoms with Crippen LogP contribution < -0.4 is 10.6 Å². The maximum atomic E-state index is 13.0. The molecule has 0 aliphatic heterocycles. The molecule has 0 aliphatic carbocycles. The van der Waals surface area contributed by atoms with Gasteiger partial charge in [-0.05, 0) is 44.0 Å². The first kappa shape index (κ1) is 20.0. The Balaban J connectivity index is 1.97. The fourth-order valence-corrected chi connectivity index (χ4v) is 2.97. The quantitative estimate of drug-likeness (QED) is 0.750. The van der Waals surface area contributed by atoms with E-state index in [1.807, 2.05) is 45.0 Å². The molecule has 0 saturated heterocycles. The zero-order valence-electron chi connectivity index (χ0n) is 15.0. The fraction of sp³-hybridized carbons (Fsp3) is 0.350. The average Bonchev–Trinajstić information content (AvgIpc) is 2.54. The second-order valence-electron chi connectivity index (χ2n) is 6.44. The number of benzene rings is 2. The molecule has 3 nitrogen and oxygen atoms in total. The summed E-state index contributed by atoms with van der Waals surface area (Å²) < 4.78 is 39.0. The van der Waals surface area contributed by atoms with E-state index in [9.17, 15) is 18.0 Å². The zero-order chi connectivity index (χ0) is 19.3. The van der Waals surface area contributed by atoms with Crippen LogP contribution >= 0.6 is 0 Å². The number of hydrogen-bond acceptors (Lipinski definition) is 2. The van der Waals surface area contributed by atoms with Crippen molar-refractivity contribution in [3.63, 3.8) is 0 Å². The van der Waals surface area contributed by atoms with Crippen LogP contribution in [0.3, 0.4) is 0 Å². The summed E-state index contributed by atoms with van der Waals surface area (Å²) in [6, 6.07) is 12.8. The van der Waals surface area contributed by atoms with Gasteiger partial charge in [0.05, 0.1) is 11.3 Å². The van der Waals surface area contributed by atoms with Gasteiger partial charge in [-0.2, -0.15) is 13.2 Å². The molecule has 0 bridgehead atoms. The van der Waals surface area contributed by atoms with Gasteiger partial charge in [0.2, 0.25) is 5.91 Å². The first-order chi connectivity index (χ1) is 12.2. The Morgan fingerprint density at radius 1 is 1.04 bits per heavy atom. The van der Waals surface area contributed by atoms with E-state index in [-0.39, 0.29) is 24.2 Å². The molecule has 0 spiro atoms. The lowest BCUT2D eigenvalue weighted by molar-refractivity contribution is -0.137. The third-order valence-corrected chi connectivity index (χ3v) is 4.19. The first-order valence-corrected chi connectivity index (χ1v) is 8.46. The van der Waals surface area contributed by atoms with Crippen LogP contribution in [0, 0.1) is 6.92 Å². The van der Waals surface area contributed by atoms with Crippen molar-refractivity contribution in [1.82, 2.24) is 5.32 Å². The summed E-state index contributed by atoms with van der Waals surface area (Å²) in [6.45, 7) is 5.85. The number of carbonyl (C=O) groups is 1. The molecule has 0 saturated carbocycles. The Morgan fingerprint density at radius 2 is 1.65 bits per heavy atom. The van der Waals surface area contributed by atoms with Crippen molar-refractivity contribution in [2.24, 2.45) is 0 Å². The number of nitrogens with one attached hydrogen (secondary N) is 2. The zero-order valence-corrected chi connectivity index (χ0v) is 15.0. The minimum Gasteiger partial charge on any atom is -0.325 e. The minimum atomic E-state index is -4.51. The summed E-state index contributed by atoms with van der Waals surface area (Å²) in [6.07, 6.45) is -4.44. The van der Waals surface area contributed by atoms with Gasteiger partial charge in [-0.25, -0.2) is 0 Å². The Morgan fingerprint density at radius 3 is 2.31 bits per heavy atom. The number of alkyl halides is 3. The van der Waals surface area contributed by atoms with Crippen LogP contribution in [0.25, 0.3) is 0 Å². The summed E-state index contributed by atoms with van der Waals surface area (Å²) in [5.74, 6) is -0.460. The van der Waals surface area contributed by atoms with Crippen LogP contribution in [0.2, 0.25) is 0 Å². The molecule has 140 valence electrons. The van der Waals surface area contributed by atoms with Crippen LogP contribution in [0.5, 0.6) is 0 Å². The standard InChI is InChI=1S/C20H23F3N2O/c1-13-8-4-5-9-16(13)15(3)24-14(2)12-19(26)25-18-11-7-6-10-17(18)20(21,22)23/h4-11,14-15,24H,12H2,1-3H3,(H,25,26). The Labute approximate surface area is 151 Å². The van der Waals surface area contributed by atoms with Gasteiger partial charge in [0.25, 0.3) is 0 Å². The van der Waals surface area contributed by atoms with Gasteiger partial charge in [-0.1, -0.05) is 36.4 Å². The predicted molar refractivity (Wildman–Crippen MR) is 96.9 cm³/mol. The van der Waals surface area contributed by atoms with E-state index in [0.29, 0.717) is 0 Å². The molecule has 26 heavy (non-hydrogen) atoms. The normalized spacial score (nSPS) is 13.9. The molecule has 2 rings (SSSR count). The molecule has 2 unspecified atom stereocenters. The molecule has 0 radical (unpaired) electrons. The first-order valence-electron chi connectivity index (χ1n) is 8.46. The second kappa shape index (κ2) is 8.36. The van der Waals surface area contributed by atoms with Gasteiger partial charge < -0.3 is 10.6 Å². The Kier molecular flexibility index (Phi) is 6.42. The van der Waals surface area contributed by atoms with E-state index < -0.39 is 17.6 Å². The van der Waals surface area contributed by atoms with Crippen molar-refractivity contribution in [3.05, 3.63) is 65.2 Å². The molecule has 2 N–H and O–H groups in total. The van der Waals surface area contributed by atoms with E-state index >= 15 is 0 Å². The van der Waals surface area contributed by atoms with E-state index in [2.05, 4.69) is 10.6 Å². The van der Waals surface area contributed by atoms with E-state index in [1.54, 1.807) is 0 Å². The van der Waals surface area contributed by atoms with Gasteiger partial charge in [0, 0.05) is 18.5 Å². The van der Waals surface area contributed by atoms with Crippen LogP contribution in [-0.4, -0.2) is 11.9 Å². The molecule has 0 fully saturated rings. The van der Waals surface area contributed by atoms with Gasteiger partial charge >= 0.3 is 6.18 Å². The van der Waals surface area contributed by atoms with Crippen molar-refractivity contribution in [1.29, 1.82) is 0 Å². The number of hydrogen-bond donors (Lipinski definition) is 2. The third kappa shape index (κ3) is 5.33. The Bertz CT molecular complexity index is 759. The van der Waals surface area contributed by atoms with Crippen LogP contribution in [-0.2, 0) is 11.0 Å². The Hall–Kier alpha value is -2.34. The lowest BCUT2D eigenvalue weighted by Crippen LogP contribution is -2.33. The maximum absolute atomic E-state index is 13.0. The highest BCUT2D eigenvalue weighted by Crippen LogP contribution is 2.34. The molecule has 2 atom stereocenters. The summed E-state index contributed by atoms with van der Waals surface area (Å²) >= 11 is 0. The van der Waals surface area contributed by atoms with Crippen LogP contribution in [0.4, 0.5) is 18.9 Å². The molecule has 0 heterocycles. The van der Waals surface area contributed by atoms with Gasteiger partial charge in [0.1, 0.15) is 0 Å². The SMILES string of the molecule is Cc1ccccc1C(C)NC(C)CC(=O)Nc1ccccc1C(F)(F)F. The number of halogens is 3. The van der Waals surface area contributed by atoms with Gasteiger partial charge in [0.15, 0.2) is 0 Å². The number of aryl methyl sites for hydroxylation is 1. The highest BCUT2D eigenvalue weighted by Gasteiger charge is 2.33. The molecular weight excluding hydrogens is 341 g/mol. The fourth-order valence-electron chi connectivity index (χ4n) is 2.97. The second-order valence-corrected chi connectivity index (χ2v) is 6.44. The van der Waals surface area contributed by atoms with Crippen molar-refractivity contribution in [2.75, 3.05) is 5.32 Å². The highest BCUT2D eigenvalue weighted by molar-refractivity contribution is 5.92. The van der Waals surface area contributed by atoms with E-state index in [0.717, 1.165) is 17.2 Å². The molecule has 2 aromatic carbocycles. The summed E-state index contributed by atoms with van der Waals surface area (Å²) in [5, 5.41) is 5.69. The number of amides is 1. The third-order valence-electron chi connectivity index (χ3n) is 4.19. The van der Waals surface area contributed by atoms with Gasteiger partial charge in [-0.3, -0.25) is 4.79 Å². The van der Waals surface area contributed by atoms with Crippen molar-refractivity contribution < 1.29 is 18.0 Å². The van der Waals surface area contributed by atoms with Crippen molar-refractivity contribution in [3.8, 4) is 0 Å². The number of para-hydroxylation sites is 1. The smallest absolute Gasteiger partial charge is 0.325 e. The number of rotatable bonds is 6. The monoisotopic (exact) mass is 364 g/mol. The largest absolute Gasteiger partial charge is 0.418 e. The lowest BCUT2D eigenvalue weighted by atomic mass is 10.0. The molecule has 0 aliphatic rings. The van der Waals surface area contributed by atoms with E-state index in [1.165, 1.54) is 18.2 Å². The number of carbonyl (C=O) groups excluding carboxylic acids is 1. The minimum absolute atomic E-state index is 0.0291. The summed E-state index contributed by atoms with van der Waals surface area (Å²) in [7, 11) is 0. The lowest BCUT2D eigenvalue weighted by Gasteiger charge is -2.22. The topological polar surface area (TPSA) is 41.1 Å². The maximum Gasteiger partial charge on any atom is 0.418 e. The molecule has 0 aromatic heterocycles. The van der Waals surface area contributed by atoms with Crippen LogP contribution in [0.1, 0.15) is 43.0 Å². The van der Waals surface area contributed by atoms with E-state index in [4.69, 9.17) is 0 Å². The number of anilines is 1. The molecule has 2 aromatic rings. The van der Waals surface area contributed by atoms with Crippen molar-refractivity contribution >= 4 is 11.6 Å². The van der Waals surface area contributed by atoms with Crippen molar-refractivity contribution in [2.45, 2.75) is 45.5 Å². The summed E-state index contributed by atoms with van der Waals surface area (Å²) in [5.41, 5.74) is 1.21. The molecular formula is C20H23F3N2O. The summed E-state index contributed by atoms with van der Waals surface area (Å²) in [4.78, 5) is 12.2. The average molecular weight is 364 g/mol. The predicted octanol–water partition coefficient (Wildman–Crippen LogP) is 5.08. The molecule has 1 amide bonds. The van der Waals surface area contributed by atoms with Crippen LogP contribution in [0.15, 0.2) is 48.5 Å².